The van der Waals surface area contributed by atoms with Crippen molar-refractivity contribution in [2.24, 2.45) is 4.99 Å². The van der Waals surface area contributed by atoms with E-state index in [2.05, 4.69) is 4.99 Å². The van der Waals surface area contributed by atoms with Crippen molar-refractivity contribution in [3.05, 3.63) is 64.2 Å². The van der Waals surface area contributed by atoms with Crippen molar-refractivity contribution in [1.29, 1.82) is 0 Å². The Kier molecular flexibility index (Phi) is 2.87. The standard InChI is InChI=1S/C16H12N4O3/c21-15-13-6-1-2-7-14(13)19(16-17-8-9-18(15)16)11-4-3-5-12(10-11)20(22)23/h1-7,10H,8-9H2. The van der Waals surface area contributed by atoms with E-state index in [1.165, 1.54) is 12.1 Å². The maximum absolute atomic E-state index is 12.6. The molecule has 7 heteroatoms. The lowest BCUT2D eigenvalue weighted by molar-refractivity contribution is -0.384. The van der Waals surface area contributed by atoms with Crippen LogP contribution in [0.25, 0.3) is 0 Å². The lowest BCUT2D eigenvalue weighted by Crippen LogP contribution is -2.47. The average molecular weight is 308 g/mol. The molecule has 1 amide bonds. The number of amides is 1. The summed E-state index contributed by atoms with van der Waals surface area (Å²) in [6.45, 7) is 1.05. The highest BCUT2D eigenvalue weighted by atomic mass is 16.6. The van der Waals surface area contributed by atoms with Gasteiger partial charge in [0.1, 0.15) is 0 Å². The molecule has 2 heterocycles. The van der Waals surface area contributed by atoms with Crippen molar-refractivity contribution in [3.63, 3.8) is 0 Å². The molecule has 0 radical (unpaired) electrons. The number of fused-ring (bicyclic) bond motifs is 2. The van der Waals surface area contributed by atoms with E-state index in [0.717, 1.165) is 0 Å². The van der Waals surface area contributed by atoms with Crippen LogP contribution in [0.15, 0.2) is 53.5 Å². The van der Waals surface area contributed by atoms with Crippen LogP contribution in [0, 0.1) is 10.1 Å². The minimum Gasteiger partial charge on any atom is -0.280 e. The molecule has 0 aliphatic carbocycles. The van der Waals surface area contributed by atoms with Gasteiger partial charge in [-0.25, -0.2) is 0 Å². The van der Waals surface area contributed by atoms with E-state index >= 15 is 0 Å². The minimum absolute atomic E-state index is 0.00188. The van der Waals surface area contributed by atoms with Gasteiger partial charge in [-0.15, -0.1) is 0 Å². The summed E-state index contributed by atoms with van der Waals surface area (Å²) in [7, 11) is 0. The molecule has 2 aromatic rings. The van der Waals surface area contributed by atoms with E-state index in [1.54, 1.807) is 34.1 Å². The van der Waals surface area contributed by atoms with E-state index in [-0.39, 0.29) is 11.6 Å². The lowest BCUT2D eigenvalue weighted by atomic mass is 10.1. The van der Waals surface area contributed by atoms with Gasteiger partial charge in [0, 0.05) is 18.7 Å². The Bertz CT molecular complexity index is 862. The number of para-hydroxylation sites is 1. The summed E-state index contributed by atoms with van der Waals surface area (Å²) in [4.78, 5) is 31.0. The second kappa shape index (κ2) is 4.91. The molecule has 0 N–H and O–H groups in total. The van der Waals surface area contributed by atoms with Crippen molar-refractivity contribution in [1.82, 2.24) is 4.90 Å². The zero-order valence-corrected chi connectivity index (χ0v) is 12.0. The topological polar surface area (TPSA) is 79.0 Å². The molecule has 114 valence electrons. The van der Waals surface area contributed by atoms with Gasteiger partial charge in [-0.3, -0.25) is 29.7 Å². The molecule has 0 fully saturated rings. The number of carbonyl (C=O) groups is 1. The smallest absolute Gasteiger partial charge is 0.271 e. The summed E-state index contributed by atoms with van der Waals surface area (Å²) < 4.78 is 0. The summed E-state index contributed by atoms with van der Waals surface area (Å²) in [6.07, 6.45) is 0. The zero-order chi connectivity index (χ0) is 16.0. The molecule has 23 heavy (non-hydrogen) atoms. The van der Waals surface area contributed by atoms with Crippen LogP contribution in [-0.4, -0.2) is 34.8 Å². The highest BCUT2D eigenvalue weighted by Gasteiger charge is 2.38. The summed E-state index contributed by atoms with van der Waals surface area (Å²) >= 11 is 0. The number of hydrogen-bond donors (Lipinski definition) is 0. The molecule has 0 bridgehead atoms. The van der Waals surface area contributed by atoms with Gasteiger partial charge in [0.25, 0.3) is 11.6 Å². The Morgan fingerprint density at radius 2 is 1.96 bits per heavy atom. The zero-order valence-electron chi connectivity index (χ0n) is 12.0. The van der Waals surface area contributed by atoms with Crippen LogP contribution in [0.2, 0.25) is 0 Å². The number of non-ortho nitro benzene ring substituents is 1. The summed E-state index contributed by atoms with van der Waals surface area (Å²) in [5, 5.41) is 11.1. The first-order chi connectivity index (χ1) is 11.2. The number of nitro groups is 1. The van der Waals surface area contributed by atoms with Crippen LogP contribution in [0.5, 0.6) is 0 Å². The van der Waals surface area contributed by atoms with Crippen molar-refractivity contribution in [3.8, 4) is 0 Å². The third kappa shape index (κ3) is 1.97. The molecular formula is C16H12N4O3. The first kappa shape index (κ1) is 13.4. The Hall–Kier alpha value is -3.22. The second-order valence-electron chi connectivity index (χ2n) is 5.27. The molecule has 2 aromatic carbocycles. The maximum Gasteiger partial charge on any atom is 0.271 e. The summed E-state index contributed by atoms with van der Waals surface area (Å²) in [5.41, 5.74) is 1.88. The molecule has 0 atom stereocenters. The van der Waals surface area contributed by atoms with Crippen LogP contribution in [0.1, 0.15) is 10.4 Å². The molecular weight excluding hydrogens is 296 g/mol. The SMILES string of the molecule is O=C1c2ccccc2N(c2cccc([N+](=O)[O-])c2)C2=NCCN12. The van der Waals surface area contributed by atoms with Gasteiger partial charge in [0.05, 0.1) is 28.4 Å². The third-order valence-electron chi connectivity index (χ3n) is 3.94. The summed E-state index contributed by atoms with van der Waals surface area (Å²) in [6, 6.07) is 13.6. The minimum atomic E-state index is -0.432. The van der Waals surface area contributed by atoms with Gasteiger partial charge in [-0.1, -0.05) is 18.2 Å². The van der Waals surface area contributed by atoms with Crippen LogP contribution < -0.4 is 4.90 Å². The molecule has 0 aromatic heterocycles. The van der Waals surface area contributed by atoms with Crippen LogP contribution >= 0.6 is 0 Å². The van der Waals surface area contributed by atoms with Gasteiger partial charge >= 0.3 is 0 Å². The van der Waals surface area contributed by atoms with Crippen molar-refractivity contribution in [2.45, 2.75) is 0 Å². The molecule has 7 nitrogen and oxygen atoms in total. The number of nitrogens with zero attached hydrogens (tertiary/aromatic N) is 4. The van der Waals surface area contributed by atoms with E-state index < -0.39 is 4.92 Å². The van der Waals surface area contributed by atoms with Gasteiger partial charge in [-0.2, -0.15) is 0 Å². The third-order valence-corrected chi connectivity index (χ3v) is 3.94. The fourth-order valence-electron chi connectivity index (χ4n) is 2.92. The normalized spacial score (nSPS) is 16.0. The first-order valence-corrected chi connectivity index (χ1v) is 7.17. The molecule has 2 aliphatic heterocycles. The predicted octanol–water partition coefficient (Wildman–Crippen LogP) is 2.56. The summed E-state index contributed by atoms with van der Waals surface area (Å²) in [5.74, 6) is 0.438. The molecule has 4 rings (SSSR count). The average Bonchev–Trinajstić information content (AvgIpc) is 3.05. The highest BCUT2D eigenvalue weighted by Crippen LogP contribution is 2.36. The molecule has 0 spiro atoms. The number of guanidine groups is 1. The molecule has 0 saturated heterocycles. The monoisotopic (exact) mass is 308 g/mol. The van der Waals surface area contributed by atoms with Gasteiger partial charge in [0.2, 0.25) is 5.96 Å². The fourth-order valence-corrected chi connectivity index (χ4v) is 2.92. The van der Waals surface area contributed by atoms with Crippen molar-refractivity contribution >= 4 is 28.9 Å². The first-order valence-electron chi connectivity index (χ1n) is 7.17. The van der Waals surface area contributed by atoms with Crippen LogP contribution in [-0.2, 0) is 0 Å². The van der Waals surface area contributed by atoms with Gasteiger partial charge in [-0.05, 0) is 18.2 Å². The number of nitro benzene ring substituents is 1. The quantitative estimate of drug-likeness (QED) is 0.631. The largest absolute Gasteiger partial charge is 0.280 e. The van der Waals surface area contributed by atoms with Crippen LogP contribution in [0.3, 0.4) is 0 Å². The van der Waals surface area contributed by atoms with E-state index in [4.69, 9.17) is 0 Å². The van der Waals surface area contributed by atoms with E-state index in [0.29, 0.717) is 36.0 Å². The van der Waals surface area contributed by atoms with Gasteiger partial charge < -0.3 is 0 Å². The fraction of sp³-hybridized carbons (Fsp3) is 0.125. The second-order valence-corrected chi connectivity index (χ2v) is 5.27. The number of rotatable bonds is 2. The van der Waals surface area contributed by atoms with Gasteiger partial charge in [0.15, 0.2) is 0 Å². The van der Waals surface area contributed by atoms with Crippen LogP contribution in [0.4, 0.5) is 17.1 Å². The Morgan fingerprint density at radius 1 is 1.13 bits per heavy atom. The lowest BCUT2D eigenvalue weighted by Gasteiger charge is -2.35. The number of aliphatic imine (C=N–C) groups is 1. The Labute approximate surface area is 131 Å². The van der Waals surface area contributed by atoms with E-state index in [9.17, 15) is 14.9 Å². The highest BCUT2D eigenvalue weighted by molar-refractivity contribution is 6.21. The molecule has 0 unspecified atom stereocenters. The Balaban J connectivity index is 1.92. The number of anilines is 2. The predicted molar refractivity (Wildman–Crippen MR) is 85.0 cm³/mol. The number of carbonyl (C=O) groups excluding carboxylic acids is 1. The Morgan fingerprint density at radius 3 is 2.78 bits per heavy atom. The molecule has 2 aliphatic rings. The number of benzene rings is 2. The van der Waals surface area contributed by atoms with Crippen molar-refractivity contribution in [2.75, 3.05) is 18.0 Å². The maximum atomic E-state index is 12.6. The van der Waals surface area contributed by atoms with E-state index in [1.807, 2.05) is 12.1 Å². The van der Waals surface area contributed by atoms with Crippen molar-refractivity contribution < 1.29 is 9.72 Å². The molecule has 0 saturated carbocycles. The number of hydrogen-bond acceptors (Lipinski definition) is 5.